The van der Waals surface area contributed by atoms with E-state index < -0.39 is 35.6 Å². The number of hydrogen-bond donors (Lipinski definition) is 3. The molecule has 2 aliphatic rings. The third-order valence-electron chi connectivity index (χ3n) is 8.96. The van der Waals surface area contributed by atoms with Crippen molar-refractivity contribution in [1.29, 1.82) is 0 Å². The number of aryl methyl sites for hydroxylation is 1. The zero-order chi connectivity index (χ0) is 32.0. The molecule has 0 spiro atoms. The van der Waals surface area contributed by atoms with Gasteiger partial charge in [0, 0.05) is 38.5 Å². The summed E-state index contributed by atoms with van der Waals surface area (Å²) in [6, 6.07) is 2.59. The molecule has 4 amide bonds. The van der Waals surface area contributed by atoms with Crippen LogP contribution in [0.15, 0.2) is 22.8 Å². The first-order valence-corrected chi connectivity index (χ1v) is 15.5. The predicted octanol–water partition coefficient (Wildman–Crippen LogP) is 2.85. The number of anilines is 1. The largest absolute Gasteiger partial charge is 0.344 e. The summed E-state index contributed by atoms with van der Waals surface area (Å²) in [6.45, 7) is 9.77. The molecular formula is C31H44FN7O5. The van der Waals surface area contributed by atoms with Gasteiger partial charge in [-0.2, -0.15) is 0 Å². The first kappa shape index (κ1) is 33.0. The highest BCUT2D eigenvalue weighted by atomic mass is 19.1. The van der Waals surface area contributed by atoms with E-state index in [1.165, 1.54) is 12.1 Å². The number of likely N-dealkylation sites (N-methyl/N-ethyl adjacent to an activating group) is 1. The van der Waals surface area contributed by atoms with Gasteiger partial charge >= 0.3 is 0 Å². The van der Waals surface area contributed by atoms with Gasteiger partial charge in [0.05, 0.1) is 5.69 Å². The number of piperazine rings is 1. The van der Waals surface area contributed by atoms with Gasteiger partial charge in [0.1, 0.15) is 23.6 Å². The molecule has 0 unspecified atom stereocenters. The van der Waals surface area contributed by atoms with E-state index in [-0.39, 0.29) is 35.5 Å². The van der Waals surface area contributed by atoms with Crippen molar-refractivity contribution in [2.75, 3.05) is 38.5 Å². The molecule has 3 atom stereocenters. The molecular weight excluding hydrogens is 569 g/mol. The van der Waals surface area contributed by atoms with Crippen LogP contribution in [0.25, 0.3) is 0 Å². The van der Waals surface area contributed by atoms with Crippen LogP contribution in [0.2, 0.25) is 0 Å². The molecule has 1 saturated carbocycles. The third kappa shape index (κ3) is 7.99. The van der Waals surface area contributed by atoms with Gasteiger partial charge < -0.3 is 25.8 Å². The minimum absolute atomic E-state index is 0.00709. The minimum atomic E-state index is -0.918. The Morgan fingerprint density at radius 2 is 1.73 bits per heavy atom. The normalized spacial score (nSPS) is 21.2. The van der Waals surface area contributed by atoms with Gasteiger partial charge in [-0.25, -0.2) is 9.02 Å². The number of amides is 4. The van der Waals surface area contributed by atoms with Crippen LogP contribution in [0, 0.1) is 24.6 Å². The summed E-state index contributed by atoms with van der Waals surface area (Å²) in [4.78, 5) is 56.2. The van der Waals surface area contributed by atoms with E-state index in [0.717, 1.165) is 38.8 Å². The summed E-state index contributed by atoms with van der Waals surface area (Å²) in [5.41, 5.74) is 0.749. The number of carbonyl (C=O) groups excluding carboxylic acids is 4. The lowest BCUT2D eigenvalue weighted by Crippen LogP contribution is -2.55. The molecule has 4 rings (SSSR count). The lowest BCUT2D eigenvalue weighted by atomic mass is 9.79. The van der Waals surface area contributed by atoms with Crippen molar-refractivity contribution < 1.29 is 28.2 Å². The Labute approximate surface area is 257 Å². The summed E-state index contributed by atoms with van der Waals surface area (Å²) < 4.78 is 20.2. The van der Waals surface area contributed by atoms with Crippen LogP contribution in [-0.4, -0.2) is 89.1 Å². The highest BCUT2D eigenvalue weighted by molar-refractivity contribution is 6.01. The lowest BCUT2D eigenvalue weighted by molar-refractivity contribution is -0.138. The van der Waals surface area contributed by atoms with E-state index in [0.29, 0.717) is 30.3 Å². The molecule has 0 bridgehead atoms. The Morgan fingerprint density at radius 1 is 1.05 bits per heavy atom. The highest BCUT2D eigenvalue weighted by Gasteiger charge is 2.35. The number of nitrogens with one attached hydrogen (secondary N) is 3. The molecule has 1 saturated heterocycles. The van der Waals surface area contributed by atoms with Crippen molar-refractivity contribution in [3.05, 3.63) is 41.0 Å². The zero-order valence-corrected chi connectivity index (χ0v) is 26.2. The third-order valence-corrected chi connectivity index (χ3v) is 8.96. The molecule has 1 aromatic heterocycles. The number of aromatic nitrogens is 2. The van der Waals surface area contributed by atoms with E-state index in [2.05, 4.69) is 42.7 Å². The Bertz CT molecular complexity index is 1330. The summed E-state index contributed by atoms with van der Waals surface area (Å²) in [6.07, 6.45) is 3.52. The second-order valence-corrected chi connectivity index (χ2v) is 12.2. The zero-order valence-electron chi connectivity index (χ0n) is 26.2. The van der Waals surface area contributed by atoms with Crippen LogP contribution >= 0.6 is 0 Å². The number of halogens is 1. The van der Waals surface area contributed by atoms with Gasteiger partial charge in [-0.15, -0.1) is 0 Å². The quantitative estimate of drug-likeness (QED) is 0.370. The first-order valence-electron chi connectivity index (χ1n) is 15.5. The van der Waals surface area contributed by atoms with Crippen LogP contribution in [0.5, 0.6) is 0 Å². The Kier molecular flexibility index (Phi) is 11.1. The van der Waals surface area contributed by atoms with Crippen molar-refractivity contribution in [2.45, 2.75) is 77.8 Å². The Morgan fingerprint density at radius 3 is 2.32 bits per heavy atom. The summed E-state index contributed by atoms with van der Waals surface area (Å²) in [7, 11) is 1.99. The van der Waals surface area contributed by atoms with Crippen LogP contribution in [0.1, 0.15) is 80.5 Å². The molecule has 1 aromatic carbocycles. The van der Waals surface area contributed by atoms with Gasteiger partial charge in [0.2, 0.25) is 17.7 Å². The van der Waals surface area contributed by atoms with Crippen LogP contribution in [-0.2, 0) is 14.4 Å². The van der Waals surface area contributed by atoms with Gasteiger partial charge in [0.25, 0.3) is 5.91 Å². The Hall–Kier alpha value is -3.87. The molecule has 12 nitrogen and oxygen atoms in total. The van der Waals surface area contributed by atoms with Crippen molar-refractivity contribution in [3.63, 3.8) is 0 Å². The molecule has 3 N–H and O–H groups in total. The summed E-state index contributed by atoms with van der Waals surface area (Å²) in [5.74, 6) is -2.43. The van der Waals surface area contributed by atoms with E-state index >= 15 is 4.39 Å². The standard InChI is InChI=1S/C31H44FN7O5/c1-6-25(40)34-26(31(43)39-15-13-38(5)14-16-39)19(3)22-11-12-24(23(32)17-22)33-30(42)28(21-9-7-18(2)8-10-21)35-29(41)27-20(4)36-44-37-27/h11-12,17-19,21,26,28H,6-10,13-16H2,1-5H3,(H,33,42)(H,34,40)(H,35,41)/t18-,19-,21-,26+,28-/m0/s1. The number of carbonyl (C=O) groups is 4. The minimum Gasteiger partial charge on any atom is -0.344 e. The predicted molar refractivity (Wildman–Crippen MR) is 161 cm³/mol. The fraction of sp³-hybridized carbons (Fsp3) is 0.613. The highest BCUT2D eigenvalue weighted by Crippen LogP contribution is 2.32. The van der Waals surface area contributed by atoms with E-state index in [1.807, 2.05) is 7.05 Å². The van der Waals surface area contributed by atoms with Crippen molar-refractivity contribution in [1.82, 2.24) is 30.7 Å². The van der Waals surface area contributed by atoms with Crippen molar-refractivity contribution in [2.24, 2.45) is 11.8 Å². The van der Waals surface area contributed by atoms with Crippen LogP contribution in [0.4, 0.5) is 10.1 Å². The molecule has 0 radical (unpaired) electrons. The SMILES string of the molecule is CCC(=O)N[C@@H](C(=O)N1CCN(C)CC1)[C@@H](C)c1ccc(NC(=O)[C@@H](NC(=O)c2nonc2C)[C@H]2CC[C@H](C)CC2)c(F)c1. The monoisotopic (exact) mass is 613 g/mol. The molecule has 13 heteroatoms. The number of rotatable bonds is 10. The molecule has 44 heavy (non-hydrogen) atoms. The van der Waals surface area contributed by atoms with E-state index in [4.69, 9.17) is 0 Å². The smallest absolute Gasteiger partial charge is 0.276 e. The van der Waals surface area contributed by atoms with Crippen LogP contribution < -0.4 is 16.0 Å². The van der Waals surface area contributed by atoms with Gasteiger partial charge in [-0.05, 0) is 61.5 Å². The average Bonchev–Trinajstić information content (AvgIpc) is 3.45. The molecule has 2 heterocycles. The topological polar surface area (TPSA) is 150 Å². The summed E-state index contributed by atoms with van der Waals surface area (Å²) in [5, 5.41) is 15.6. The summed E-state index contributed by atoms with van der Waals surface area (Å²) >= 11 is 0. The van der Waals surface area contributed by atoms with Gasteiger partial charge in [-0.1, -0.05) is 44.8 Å². The fourth-order valence-corrected chi connectivity index (χ4v) is 5.88. The average molecular weight is 614 g/mol. The van der Waals surface area contributed by atoms with E-state index in [1.54, 1.807) is 31.7 Å². The second kappa shape index (κ2) is 14.7. The maximum atomic E-state index is 15.5. The molecule has 2 aromatic rings. The maximum Gasteiger partial charge on any atom is 0.276 e. The number of hydrogen-bond acceptors (Lipinski definition) is 8. The van der Waals surface area contributed by atoms with Gasteiger partial charge in [0.15, 0.2) is 5.69 Å². The first-order chi connectivity index (χ1) is 21.0. The number of benzene rings is 1. The molecule has 1 aliphatic heterocycles. The molecule has 2 fully saturated rings. The van der Waals surface area contributed by atoms with E-state index in [9.17, 15) is 19.2 Å². The second-order valence-electron chi connectivity index (χ2n) is 12.2. The maximum absolute atomic E-state index is 15.5. The number of nitrogens with zero attached hydrogens (tertiary/aromatic N) is 4. The fourth-order valence-electron chi connectivity index (χ4n) is 5.88. The molecule has 240 valence electrons. The lowest BCUT2D eigenvalue weighted by Gasteiger charge is -2.36. The molecule has 1 aliphatic carbocycles. The van der Waals surface area contributed by atoms with Crippen LogP contribution in [0.3, 0.4) is 0 Å². The Balaban J connectivity index is 1.51. The van der Waals surface area contributed by atoms with Crippen molar-refractivity contribution in [3.8, 4) is 0 Å². The van der Waals surface area contributed by atoms with Gasteiger partial charge in [-0.3, -0.25) is 19.2 Å². The van der Waals surface area contributed by atoms with Crippen molar-refractivity contribution >= 4 is 29.3 Å².